The molecule has 0 aliphatic heterocycles. The largest absolute Gasteiger partial charge is 0.513 e. The number of carbonyl (C=O) groups excluding carboxylic acids is 1. The van der Waals surface area contributed by atoms with Gasteiger partial charge in [-0.2, -0.15) is 0 Å². The summed E-state index contributed by atoms with van der Waals surface area (Å²) in [5.41, 5.74) is 3.93. The lowest BCUT2D eigenvalue weighted by Gasteiger charge is -2.18. The third kappa shape index (κ3) is 5.07. The third-order valence-corrected chi connectivity index (χ3v) is 3.46. The molecule has 0 amide bonds. The second-order valence-electron chi connectivity index (χ2n) is 5.22. The van der Waals surface area contributed by atoms with Gasteiger partial charge in [0.15, 0.2) is 0 Å². The second-order valence-corrected chi connectivity index (χ2v) is 5.22. The van der Waals surface area contributed by atoms with E-state index in [4.69, 9.17) is 9.47 Å². The number of ether oxygens (including phenoxy) is 2. The van der Waals surface area contributed by atoms with E-state index in [0.29, 0.717) is 12.4 Å². The molecule has 0 fully saturated rings. The number of carbonyl (C=O) groups is 1. The highest BCUT2D eigenvalue weighted by atomic mass is 16.7. The summed E-state index contributed by atoms with van der Waals surface area (Å²) < 4.78 is 10.3. The Morgan fingerprint density at radius 1 is 0.905 bits per heavy atom. The Balaban J connectivity index is 3.17. The van der Waals surface area contributed by atoms with Crippen LogP contribution in [0.15, 0.2) is 12.1 Å². The van der Waals surface area contributed by atoms with Crippen molar-refractivity contribution >= 4 is 6.16 Å². The molecule has 1 aromatic rings. The standard InChI is InChI=1S/C18H28O3/c1-5-9-14-12-13-17(21-18(19)20-8-4)16(11-7-3)15(14)10-6-2/h12-13H,5-11H2,1-4H3. The van der Waals surface area contributed by atoms with Crippen LogP contribution in [-0.4, -0.2) is 12.8 Å². The summed E-state index contributed by atoms with van der Waals surface area (Å²) in [7, 11) is 0. The van der Waals surface area contributed by atoms with Crippen molar-refractivity contribution in [2.75, 3.05) is 6.61 Å². The van der Waals surface area contributed by atoms with Crippen LogP contribution in [0.4, 0.5) is 4.79 Å². The second kappa shape index (κ2) is 9.43. The van der Waals surface area contributed by atoms with E-state index in [0.717, 1.165) is 38.5 Å². The zero-order valence-corrected chi connectivity index (χ0v) is 13.8. The minimum absolute atomic E-state index is 0.331. The van der Waals surface area contributed by atoms with Gasteiger partial charge >= 0.3 is 6.16 Å². The van der Waals surface area contributed by atoms with Crippen LogP contribution in [0.25, 0.3) is 0 Å². The van der Waals surface area contributed by atoms with Crippen LogP contribution in [0, 0.1) is 0 Å². The van der Waals surface area contributed by atoms with Gasteiger partial charge in [0.25, 0.3) is 0 Å². The molecule has 0 saturated carbocycles. The van der Waals surface area contributed by atoms with Crippen LogP contribution in [0.1, 0.15) is 63.6 Å². The predicted molar refractivity (Wildman–Crippen MR) is 86.1 cm³/mol. The topological polar surface area (TPSA) is 35.5 Å². The molecule has 0 radical (unpaired) electrons. The van der Waals surface area contributed by atoms with Crippen molar-refractivity contribution in [3.63, 3.8) is 0 Å². The van der Waals surface area contributed by atoms with E-state index < -0.39 is 6.16 Å². The molecule has 1 rings (SSSR count). The fourth-order valence-corrected chi connectivity index (χ4v) is 2.64. The lowest BCUT2D eigenvalue weighted by molar-refractivity contribution is 0.104. The zero-order chi connectivity index (χ0) is 15.7. The summed E-state index contributed by atoms with van der Waals surface area (Å²) >= 11 is 0. The number of benzene rings is 1. The number of hydrogen-bond acceptors (Lipinski definition) is 3. The first-order valence-corrected chi connectivity index (χ1v) is 8.15. The minimum Gasteiger partial charge on any atom is -0.434 e. The van der Waals surface area contributed by atoms with Crippen LogP contribution in [0.2, 0.25) is 0 Å². The summed E-state index contributed by atoms with van der Waals surface area (Å²) in [4.78, 5) is 11.6. The summed E-state index contributed by atoms with van der Waals surface area (Å²) in [6.45, 7) is 8.64. The maximum atomic E-state index is 11.6. The predicted octanol–water partition coefficient (Wildman–Crippen LogP) is 5.08. The van der Waals surface area contributed by atoms with Crippen molar-refractivity contribution in [3.05, 3.63) is 28.8 Å². The van der Waals surface area contributed by atoms with Crippen molar-refractivity contribution in [2.24, 2.45) is 0 Å². The van der Waals surface area contributed by atoms with Gasteiger partial charge in [0.2, 0.25) is 0 Å². The van der Waals surface area contributed by atoms with Crippen molar-refractivity contribution in [1.29, 1.82) is 0 Å². The molecular formula is C18H28O3. The summed E-state index contributed by atoms with van der Waals surface area (Å²) in [6.07, 6.45) is 5.68. The zero-order valence-electron chi connectivity index (χ0n) is 13.8. The van der Waals surface area contributed by atoms with E-state index in [-0.39, 0.29) is 0 Å². The quantitative estimate of drug-likeness (QED) is 0.495. The van der Waals surface area contributed by atoms with Crippen LogP contribution in [-0.2, 0) is 24.0 Å². The van der Waals surface area contributed by atoms with E-state index in [1.165, 1.54) is 16.7 Å². The van der Waals surface area contributed by atoms with Gasteiger partial charge in [0, 0.05) is 0 Å². The Kier molecular flexibility index (Phi) is 7.88. The van der Waals surface area contributed by atoms with Crippen LogP contribution < -0.4 is 4.74 Å². The van der Waals surface area contributed by atoms with E-state index in [1.54, 1.807) is 6.92 Å². The fraction of sp³-hybridized carbons (Fsp3) is 0.611. The average Bonchev–Trinajstić information content (AvgIpc) is 2.45. The highest BCUT2D eigenvalue weighted by Crippen LogP contribution is 2.29. The van der Waals surface area contributed by atoms with Crippen molar-refractivity contribution in [2.45, 2.75) is 66.2 Å². The molecule has 3 heteroatoms. The Hall–Kier alpha value is -1.51. The highest BCUT2D eigenvalue weighted by Gasteiger charge is 2.16. The summed E-state index contributed by atoms with van der Waals surface area (Å²) in [6, 6.07) is 4.02. The van der Waals surface area contributed by atoms with E-state index in [2.05, 4.69) is 26.8 Å². The first-order valence-electron chi connectivity index (χ1n) is 8.15. The van der Waals surface area contributed by atoms with Gasteiger partial charge in [-0.3, -0.25) is 0 Å². The first kappa shape index (κ1) is 17.5. The molecule has 118 valence electrons. The van der Waals surface area contributed by atoms with Gasteiger partial charge in [-0.25, -0.2) is 4.79 Å². The van der Waals surface area contributed by atoms with E-state index in [1.807, 2.05) is 6.07 Å². The molecule has 3 nitrogen and oxygen atoms in total. The molecule has 1 aromatic carbocycles. The lowest BCUT2D eigenvalue weighted by atomic mass is 9.91. The first-order chi connectivity index (χ1) is 10.2. The van der Waals surface area contributed by atoms with Crippen LogP contribution in [0.3, 0.4) is 0 Å². The maximum Gasteiger partial charge on any atom is 0.513 e. The Morgan fingerprint density at radius 2 is 1.52 bits per heavy atom. The lowest BCUT2D eigenvalue weighted by Crippen LogP contribution is -2.13. The van der Waals surface area contributed by atoms with Crippen LogP contribution >= 0.6 is 0 Å². The summed E-state index contributed by atoms with van der Waals surface area (Å²) in [5.74, 6) is 0.665. The molecule has 0 aromatic heterocycles. The Bertz CT molecular complexity index is 452. The molecule has 0 saturated heterocycles. The molecule has 21 heavy (non-hydrogen) atoms. The monoisotopic (exact) mass is 292 g/mol. The summed E-state index contributed by atoms with van der Waals surface area (Å²) in [5, 5.41) is 0. The van der Waals surface area contributed by atoms with Crippen molar-refractivity contribution < 1.29 is 14.3 Å². The molecule has 0 aliphatic carbocycles. The SMILES string of the molecule is CCCc1ccc(OC(=O)OCC)c(CCC)c1CCC. The smallest absolute Gasteiger partial charge is 0.434 e. The van der Waals surface area contributed by atoms with E-state index >= 15 is 0 Å². The van der Waals surface area contributed by atoms with Crippen molar-refractivity contribution in [1.82, 2.24) is 0 Å². The number of hydrogen-bond donors (Lipinski definition) is 0. The van der Waals surface area contributed by atoms with Gasteiger partial charge in [-0.05, 0) is 48.9 Å². The van der Waals surface area contributed by atoms with Gasteiger partial charge in [-0.1, -0.05) is 46.1 Å². The normalized spacial score (nSPS) is 10.5. The highest BCUT2D eigenvalue weighted by molar-refractivity contribution is 5.65. The molecule has 0 bridgehead atoms. The van der Waals surface area contributed by atoms with Gasteiger partial charge < -0.3 is 9.47 Å². The molecule has 0 N–H and O–H groups in total. The van der Waals surface area contributed by atoms with Crippen molar-refractivity contribution in [3.8, 4) is 5.75 Å². The maximum absolute atomic E-state index is 11.6. The number of aryl methyl sites for hydroxylation is 1. The fourth-order valence-electron chi connectivity index (χ4n) is 2.64. The molecule has 0 unspecified atom stereocenters. The van der Waals surface area contributed by atoms with Gasteiger partial charge in [-0.15, -0.1) is 0 Å². The minimum atomic E-state index is -0.611. The molecule has 0 heterocycles. The average molecular weight is 292 g/mol. The number of rotatable bonds is 8. The Labute approximate surface area is 128 Å². The molecule has 0 spiro atoms. The molecule has 0 aliphatic rings. The Morgan fingerprint density at radius 3 is 2.10 bits per heavy atom. The van der Waals surface area contributed by atoms with Gasteiger partial charge in [0.05, 0.1) is 6.61 Å². The third-order valence-electron chi connectivity index (χ3n) is 3.46. The van der Waals surface area contributed by atoms with Crippen LogP contribution in [0.5, 0.6) is 5.75 Å². The van der Waals surface area contributed by atoms with Gasteiger partial charge in [0.1, 0.15) is 5.75 Å². The molecular weight excluding hydrogens is 264 g/mol. The van der Waals surface area contributed by atoms with E-state index in [9.17, 15) is 4.79 Å². The molecule has 0 atom stereocenters.